The molecule has 3 aliphatic heterocycles. The second-order valence-corrected chi connectivity index (χ2v) is 5.35. The number of aliphatic imine (C=N–C) groups is 2. The van der Waals surface area contributed by atoms with Crippen LogP contribution in [-0.4, -0.2) is 95.0 Å². The Morgan fingerprint density at radius 3 is 2.71 bits per heavy atom. The molecule has 0 aromatic rings. The van der Waals surface area contributed by atoms with Gasteiger partial charge in [-0.25, -0.2) is 0 Å². The molecule has 0 aromatic heterocycles. The van der Waals surface area contributed by atoms with Gasteiger partial charge in [0.1, 0.15) is 0 Å². The number of ether oxygens (including phenoxy) is 1. The summed E-state index contributed by atoms with van der Waals surface area (Å²) in [6.45, 7) is -0.470. The molecule has 3 heterocycles. The topological polar surface area (TPSA) is 151 Å². The summed E-state index contributed by atoms with van der Waals surface area (Å²) in [7, 11) is 0. The average Bonchev–Trinajstić information content (AvgIpc) is 2.89. The van der Waals surface area contributed by atoms with Crippen LogP contribution in [0.15, 0.2) is 9.98 Å². The van der Waals surface area contributed by atoms with Gasteiger partial charge in [-0.3, -0.25) is 0 Å². The third-order valence-corrected chi connectivity index (χ3v) is 3.89. The summed E-state index contributed by atoms with van der Waals surface area (Å²) in [6.07, 6.45) is -4.65. The van der Waals surface area contributed by atoms with E-state index < -0.39 is 37.1 Å². The molecule has 0 aromatic carbocycles. The maximum absolute atomic E-state index is 11.7. The van der Waals surface area contributed by atoms with Crippen LogP contribution in [0, 0.1) is 5.41 Å². The van der Waals surface area contributed by atoms with Gasteiger partial charge in [0.2, 0.25) is 0 Å². The SMILES string of the molecule is N=C1N=C2C(=NC(=[Se])N2[C@@H]2O[C@H](CO)[C@@H](O)[C@H]2O)C(=O)N1. The first kappa shape index (κ1) is 14.4. The molecule has 3 rings (SSSR count). The number of hydrogen-bond donors (Lipinski definition) is 5. The second-order valence-electron chi connectivity index (χ2n) is 4.58. The molecule has 0 saturated carbocycles. The predicted molar refractivity (Wildman–Crippen MR) is 71.1 cm³/mol. The Bertz CT molecular complexity index is 605. The van der Waals surface area contributed by atoms with Gasteiger partial charge < -0.3 is 0 Å². The molecule has 4 atom stereocenters. The first-order chi connectivity index (χ1) is 9.93. The molecule has 10 nitrogen and oxygen atoms in total. The molecule has 1 amide bonds. The number of aliphatic hydroxyl groups excluding tert-OH is 3. The third-order valence-electron chi connectivity index (χ3n) is 3.29. The van der Waals surface area contributed by atoms with Crippen molar-refractivity contribution in [2.45, 2.75) is 24.5 Å². The molecule has 11 heteroatoms. The van der Waals surface area contributed by atoms with Crippen molar-refractivity contribution in [3.63, 3.8) is 0 Å². The van der Waals surface area contributed by atoms with Crippen molar-refractivity contribution in [2.75, 3.05) is 6.61 Å². The van der Waals surface area contributed by atoms with Crippen LogP contribution in [0.4, 0.5) is 0 Å². The summed E-state index contributed by atoms with van der Waals surface area (Å²) in [5.74, 6) is -0.903. The van der Waals surface area contributed by atoms with Gasteiger partial charge in [-0.05, 0) is 0 Å². The van der Waals surface area contributed by atoms with E-state index in [1.54, 1.807) is 0 Å². The van der Waals surface area contributed by atoms with Gasteiger partial charge in [-0.15, -0.1) is 0 Å². The minimum absolute atomic E-state index is 0.0162. The number of amides is 1. The fourth-order valence-corrected chi connectivity index (χ4v) is 2.88. The monoisotopic (exact) mass is 361 g/mol. The van der Waals surface area contributed by atoms with Gasteiger partial charge >= 0.3 is 125 Å². The quantitative estimate of drug-likeness (QED) is 0.316. The van der Waals surface area contributed by atoms with E-state index in [-0.39, 0.29) is 22.2 Å². The fraction of sp³-hybridized carbons (Fsp3) is 0.500. The molecule has 1 saturated heterocycles. The first-order valence-electron chi connectivity index (χ1n) is 5.97. The normalized spacial score (nSPS) is 35.6. The molecule has 21 heavy (non-hydrogen) atoms. The Labute approximate surface area is 126 Å². The fourth-order valence-electron chi connectivity index (χ4n) is 2.29. The third kappa shape index (κ3) is 2.14. The Kier molecular flexibility index (Phi) is 3.48. The molecule has 0 spiro atoms. The van der Waals surface area contributed by atoms with Crippen molar-refractivity contribution in [1.82, 2.24) is 10.2 Å². The number of aliphatic hydroxyl groups is 3. The number of carbonyl (C=O) groups is 1. The zero-order valence-electron chi connectivity index (χ0n) is 10.4. The Hall–Kier alpha value is -1.49. The molecule has 0 bridgehead atoms. The summed E-state index contributed by atoms with van der Waals surface area (Å²) < 4.78 is 5.60. The maximum atomic E-state index is 11.7. The molecule has 0 aliphatic carbocycles. The van der Waals surface area contributed by atoms with E-state index in [1.807, 2.05) is 0 Å². The van der Waals surface area contributed by atoms with Crippen molar-refractivity contribution in [2.24, 2.45) is 9.98 Å². The summed E-state index contributed by atoms with van der Waals surface area (Å²) in [6, 6.07) is 0. The van der Waals surface area contributed by atoms with Crippen LogP contribution in [0.3, 0.4) is 0 Å². The summed E-state index contributed by atoms with van der Waals surface area (Å²) in [4.78, 5) is 20.9. The van der Waals surface area contributed by atoms with Crippen molar-refractivity contribution < 1.29 is 24.9 Å². The summed E-state index contributed by atoms with van der Waals surface area (Å²) in [5.41, 5.74) is -0.0162. The van der Waals surface area contributed by atoms with E-state index in [9.17, 15) is 15.0 Å². The van der Waals surface area contributed by atoms with Crippen molar-refractivity contribution in [3.05, 3.63) is 0 Å². The molecule has 5 N–H and O–H groups in total. The van der Waals surface area contributed by atoms with Gasteiger partial charge in [0, 0.05) is 0 Å². The van der Waals surface area contributed by atoms with Crippen LogP contribution in [0.25, 0.3) is 0 Å². The van der Waals surface area contributed by atoms with E-state index in [0.717, 1.165) is 0 Å². The van der Waals surface area contributed by atoms with Gasteiger partial charge in [0.05, 0.1) is 0 Å². The van der Waals surface area contributed by atoms with E-state index in [0.29, 0.717) is 0 Å². The van der Waals surface area contributed by atoms with E-state index in [4.69, 9.17) is 15.3 Å². The first-order valence-corrected chi connectivity index (χ1v) is 6.83. The number of fused-ring (bicyclic) bond motifs is 1. The van der Waals surface area contributed by atoms with Crippen LogP contribution in [0.5, 0.6) is 0 Å². The minimum atomic E-state index is -1.33. The Morgan fingerprint density at radius 1 is 1.38 bits per heavy atom. The van der Waals surface area contributed by atoms with Gasteiger partial charge in [0.15, 0.2) is 0 Å². The molecule has 0 radical (unpaired) electrons. The van der Waals surface area contributed by atoms with Crippen LogP contribution in [0.2, 0.25) is 0 Å². The Balaban J connectivity index is 1.95. The van der Waals surface area contributed by atoms with Gasteiger partial charge in [-0.2, -0.15) is 0 Å². The number of hydrogen-bond acceptors (Lipinski definition) is 8. The van der Waals surface area contributed by atoms with Gasteiger partial charge in [-0.1, -0.05) is 0 Å². The second kappa shape index (κ2) is 5.05. The summed E-state index contributed by atoms with van der Waals surface area (Å²) in [5, 5.41) is 38.6. The number of nitrogens with one attached hydrogen (secondary N) is 2. The number of nitrogens with zero attached hydrogens (tertiary/aromatic N) is 3. The number of carbonyl (C=O) groups excluding carboxylic acids is 1. The summed E-state index contributed by atoms with van der Waals surface area (Å²) >= 11 is 2.61. The number of amidine groups is 1. The van der Waals surface area contributed by atoms with Crippen LogP contribution < -0.4 is 5.32 Å². The number of guanidine groups is 1. The van der Waals surface area contributed by atoms with Crippen LogP contribution >= 0.6 is 0 Å². The van der Waals surface area contributed by atoms with Crippen LogP contribution in [0.1, 0.15) is 0 Å². The zero-order valence-corrected chi connectivity index (χ0v) is 12.1. The average molecular weight is 360 g/mol. The van der Waals surface area contributed by atoms with E-state index >= 15 is 0 Å². The number of rotatable bonds is 2. The molecule has 1 fully saturated rings. The molecule has 0 unspecified atom stereocenters. The van der Waals surface area contributed by atoms with Crippen molar-refractivity contribution >= 4 is 43.7 Å². The molecule has 3 aliphatic rings. The molecule has 112 valence electrons. The molecular weight excluding hydrogens is 349 g/mol. The predicted octanol–water partition coefficient (Wildman–Crippen LogP) is -4.10. The zero-order chi connectivity index (χ0) is 15.3. The van der Waals surface area contributed by atoms with Crippen molar-refractivity contribution in [3.8, 4) is 0 Å². The van der Waals surface area contributed by atoms with E-state index in [1.165, 1.54) is 4.90 Å². The van der Waals surface area contributed by atoms with Crippen LogP contribution in [-0.2, 0) is 9.53 Å². The van der Waals surface area contributed by atoms with E-state index in [2.05, 4.69) is 30.9 Å². The van der Waals surface area contributed by atoms with Gasteiger partial charge in [0.25, 0.3) is 0 Å². The standard InChI is InChI=1S/C10H11N5O5Se/c11-9-13-6-3(7(19)14-9)12-10(21)15(6)8-5(18)4(17)2(1-16)20-8/h2,4-5,8,16-18H,1H2,(H2,11,14,19)/t2-,4-,5-,8-/m1/s1. The van der Waals surface area contributed by atoms with Crippen molar-refractivity contribution in [1.29, 1.82) is 5.41 Å². The molecular formula is C10H11N5O5Se. The Morgan fingerprint density at radius 2 is 2.10 bits per heavy atom.